The lowest BCUT2D eigenvalue weighted by molar-refractivity contribution is 0.264. The molecule has 0 bridgehead atoms. The molecule has 102 valence electrons. The monoisotopic (exact) mass is 261 g/mol. The second-order valence-corrected chi connectivity index (χ2v) is 4.34. The predicted octanol–water partition coefficient (Wildman–Crippen LogP) is 1.78. The van der Waals surface area contributed by atoms with Crippen molar-refractivity contribution in [1.82, 2.24) is 9.97 Å². The Bertz CT molecular complexity index is 534. The summed E-state index contributed by atoms with van der Waals surface area (Å²) in [6, 6.07) is 7.28. The SMILES string of the molecule is CCOc1ccc(-c2nc(C(N)CO)[nH]c2C)cc1. The summed E-state index contributed by atoms with van der Waals surface area (Å²) in [5, 5.41) is 9.05. The molecule has 5 heteroatoms. The number of hydrogen-bond acceptors (Lipinski definition) is 4. The largest absolute Gasteiger partial charge is 0.494 e. The number of aliphatic hydroxyl groups is 1. The Morgan fingerprint density at radius 2 is 2.05 bits per heavy atom. The third-order valence-electron chi connectivity index (χ3n) is 2.89. The topological polar surface area (TPSA) is 84.2 Å². The van der Waals surface area contributed by atoms with Gasteiger partial charge in [0.1, 0.15) is 11.6 Å². The number of aliphatic hydroxyl groups excluding tert-OH is 1. The number of aromatic nitrogens is 2. The second-order valence-electron chi connectivity index (χ2n) is 4.34. The van der Waals surface area contributed by atoms with E-state index in [4.69, 9.17) is 15.6 Å². The van der Waals surface area contributed by atoms with Crippen molar-refractivity contribution in [2.24, 2.45) is 5.73 Å². The summed E-state index contributed by atoms with van der Waals surface area (Å²) < 4.78 is 5.41. The lowest BCUT2D eigenvalue weighted by Crippen LogP contribution is -2.16. The molecule has 5 nitrogen and oxygen atoms in total. The Hall–Kier alpha value is -1.85. The molecule has 0 aliphatic rings. The van der Waals surface area contributed by atoms with Gasteiger partial charge in [-0.05, 0) is 38.1 Å². The van der Waals surface area contributed by atoms with Gasteiger partial charge in [0, 0.05) is 11.3 Å². The second kappa shape index (κ2) is 5.86. The average Bonchev–Trinajstić information content (AvgIpc) is 2.81. The van der Waals surface area contributed by atoms with Crippen molar-refractivity contribution < 1.29 is 9.84 Å². The van der Waals surface area contributed by atoms with Crippen LogP contribution in [0.4, 0.5) is 0 Å². The molecule has 1 unspecified atom stereocenters. The number of ether oxygens (including phenoxy) is 1. The first kappa shape index (κ1) is 13.6. The summed E-state index contributed by atoms with van der Waals surface area (Å²) in [4.78, 5) is 7.55. The Morgan fingerprint density at radius 3 is 2.63 bits per heavy atom. The summed E-state index contributed by atoms with van der Waals surface area (Å²) >= 11 is 0. The molecule has 2 aromatic rings. The van der Waals surface area contributed by atoms with E-state index in [2.05, 4.69) is 9.97 Å². The molecule has 0 aliphatic carbocycles. The fourth-order valence-corrected chi connectivity index (χ4v) is 1.90. The molecule has 1 heterocycles. The number of benzene rings is 1. The molecule has 1 atom stereocenters. The van der Waals surface area contributed by atoms with Gasteiger partial charge >= 0.3 is 0 Å². The molecule has 1 aromatic heterocycles. The molecule has 0 spiro atoms. The highest BCUT2D eigenvalue weighted by molar-refractivity contribution is 5.62. The Morgan fingerprint density at radius 1 is 1.37 bits per heavy atom. The maximum Gasteiger partial charge on any atom is 0.126 e. The quantitative estimate of drug-likeness (QED) is 0.766. The minimum atomic E-state index is -0.477. The third kappa shape index (κ3) is 2.94. The molecule has 0 amide bonds. The zero-order valence-electron chi connectivity index (χ0n) is 11.2. The van der Waals surface area contributed by atoms with E-state index in [1.165, 1.54) is 0 Å². The number of aryl methyl sites for hydroxylation is 1. The summed E-state index contributed by atoms with van der Waals surface area (Å²) in [6.07, 6.45) is 0. The van der Waals surface area contributed by atoms with Gasteiger partial charge in [-0.15, -0.1) is 0 Å². The van der Waals surface area contributed by atoms with Crippen LogP contribution in [0.5, 0.6) is 5.75 Å². The zero-order valence-corrected chi connectivity index (χ0v) is 11.2. The Kier molecular flexibility index (Phi) is 4.19. The average molecular weight is 261 g/mol. The molecular weight excluding hydrogens is 242 g/mol. The summed E-state index contributed by atoms with van der Waals surface area (Å²) in [6.45, 7) is 4.41. The van der Waals surface area contributed by atoms with Gasteiger partial charge in [-0.3, -0.25) is 0 Å². The number of H-pyrrole nitrogens is 1. The number of aromatic amines is 1. The van der Waals surface area contributed by atoms with Crippen LogP contribution in [-0.2, 0) is 0 Å². The summed E-state index contributed by atoms with van der Waals surface area (Å²) in [7, 11) is 0. The molecular formula is C14H19N3O2. The highest BCUT2D eigenvalue weighted by atomic mass is 16.5. The van der Waals surface area contributed by atoms with Crippen LogP contribution in [0.1, 0.15) is 24.5 Å². The third-order valence-corrected chi connectivity index (χ3v) is 2.89. The highest BCUT2D eigenvalue weighted by Crippen LogP contribution is 2.24. The van der Waals surface area contributed by atoms with Crippen molar-refractivity contribution >= 4 is 0 Å². The zero-order chi connectivity index (χ0) is 13.8. The normalized spacial score (nSPS) is 12.4. The van der Waals surface area contributed by atoms with Gasteiger partial charge in [0.25, 0.3) is 0 Å². The van der Waals surface area contributed by atoms with E-state index in [0.29, 0.717) is 12.4 Å². The maximum absolute atomic E-state index is 9.05. The standard InChI is InChI=1S/C14H19N3O2/c1-3-19-11-6-4-10(5-7-11)13-9(2)16-14(17-13)12(15)8-18/h4-7,12,18H,3,8,15H2,1-2H3,(H,16,17). The fraction of sp³-hybridized carbons (Fsp3) is 0.357. The molecule has 0 radical (unpaired) electrons. The van der Waals surface area contributed by atoms with Gasteiger partial charge in [-0.1, -0.05) is 0 Å². The Labute approximate surface area is 112 Å². The lowest BCUT2D eigenvalue weighted by atomic mass is 10.1. The minimum absolute atomic E-state index is 0.129. The van der Waals surface area contributed by atoms with Crippen LogP contribution in [0.2, 0.25) is 0 Å². The van der Waals surface area contributed by atoms with E-state index in [1.54, 1.807) is 0 Å². The minimum Gasteiger partial charge on any atom is -0.494 e. The van der Waals surface area contributed by atoms with E-state index in [0.717, 1.165) is 22.7 Å². The number of hydrogen-bond donors (Lipinski definition) is 3. The fourth-order valence-electron chi connectivity index (χ4n) is 1.90. The first-order valence-electron chi connectivity index (χ1n) is 6.31. The Balaban J connectivity index is 2.28. The van der Waals surface area contributed by atoms with Crippen molar-refractivity contribution in [3.63, 3.8) is 0 Å². The van der Waals surface area contributed by atoms with Crippen molar-refractivity contribution in [2.45, 2.75) is 19.9 Å². The highest BCUT2D eigenvalue weighted by Gasteiger charge is 2.13. The predicted molar refractivity (Wildman–Crippen MR) is 73.9 cm³/mol. The van der Waals surface area contributed by atoms with Gasteiger partial charge in [-0.25, -0.2) is 4.98 Å². The first-order chi connectivity index (χ1) is 9.15. The van der Waals surface area contributed by atoms with E-state index >= 15 is 0 Å². The van der Waals surface area contributed by atoms with Gasteiger partial charge < -0.3 is 20.6 Å². The molecule has 0 saturated heterocycles. The van der Waals surface area contributed by atoms with Crippen LogP contribution >= 0.6 is 0 Å². The van der Waals surface area contributed by atoms with E-state index in [9.17, 15) is 0 Å². The first-order valence-corrected chi connectivity index (χ1v) is 6.31. The molecule has 0 saturated carbocycles. The summed E-state index contributed by atoms with van der Waals surface area (Å²) in [5.74, 6) is 1.44. The van der Waals surface area contributed by atoms with Crippen LogP contribution in [0.15, 0.2) is 24.3 Å². The number of nitrogens with zero attached hydrogens (tertiary/aromatic N) is 1. The number of imidazole rings is 1. The molecule has 1 aromatic carbocycles. The number of nitrogens with two attached hydrogens (primary N) is 1. The van der Waals surface area contributed by atoms with Crippen molar-refractivity contribution in [2.75, 3.05) is 13.2 Å². The molecule has 19 heavy (non-hydrogen) atoms. The number of nitrogens with one attached hydrogen (secondary N) is 1. The molecule has 0 fully saturated rings. The van der Waals surface area contributed by atoms with Crippen LogP contribution < -0.4 is 10.5 Å². The molecule has 4 N–H and O–H groups in total. The van der Waals surface area contributed by atoms with E-state index in [-0.39, 0.29) is 6.61 Å². The van der Waals surface area contributed by atoms with Crippen LogP contribution in [0.25, 0.3) is 11.3 Å². The smallest absolute Gasteiger partial charge is 0.126 e. The van der Waals surface area contributed by atoms with Crippen molar-refractivity contribution in [3.8, 4) is 17.0 Å². The maximum atomic E-state index is 9.05. The van der Waals surface area contributed by atoms with Crippen molar-refractivity contribution in [1.29, 1.82) is 0 Å². The van der Waals surface area contributed by atoms with Crippen LogP contribution in [0, 0.1) is 6.92 Å². The van der Waals surface area contributed by atoms with Gasteiger partial charge in [-0.2, -0.15) is 0 Å². The van der Waals surface area contributed by atoms with Gasteiger partial charge in [0.2, 0.25) is 0 Å². The van der Waals surface area contributed by atoms with Crippen LogP contribution in [-0.4, -0.2) is 28.3 Å². The molecule has 0 aliphatic heterocycles. The lowest BCUT2D eigenvalue weighted by Gasteiger charge is -2.04. The van der Waals surface area contributed by atoms with E-state index in [1.807, 2.05) is 38.1 Å². The van der Waals surface area contributed by atoms with Crippen LogP contribution in [0.3, 0.4) is 0 Å². The van der Waals surface area contributed by atoms with Gasteiger partial charge in [0.15, 0.2) is 0 Å². The van der Waals surface area contributed by atoms with Gasteiger partial charge in [0.05, 0.1) is 24.9 Å². The number of rotatable bonds is 5. The summed E-state index contributed by atoms with van der Waals surface area (Å²) in [5.41, 5.74) is 8.53. The van der Waals surface area contributed by atoms with E-state index < -0.39 is 6.04 Å². The van der Waals surface area contributed by atoms with Crippen molar-refractivity contribution in [3.05, 3.63) is 35.8 Å². The molecule has 2 rings (SSSR count).